The van der Waals surface area contributed by atoms with Crippen LogP contribution in [-0.4, -0.2) is 41.0 Å². The van der Waals surface area contributed by atoms with Crippen LogP contribution < -0.4 is 5.32 Å². The summed E-state index contributed by atoms with van der Waals surface area (Å²) in [5.74, 6) is 0.810. The van der Waals surface area contributed by atoms with Crippen LogP contribution in [0.3, 0.4) is 0 Å². The van der Waals surface area contributed by atoms with Gasteiger partial charge in [0.2, 0.25) is 0 Å². The van der Waals surface area contributed by atoms with Crippen LogP contribution in [0.5, 0.6) is 0 Å². The fourth-order valence-corrected chi connectivity index (χ4v) is 2.21. The van der Waals surface area contributed by atoms with Gasteiger partial charge >= 0.3 is 0 Å². The lowest BCUT2D eigenvalue weighted by molar-refractivity contribution is 0.339. The van der Waals surface area contributed by atoms with Crippen molar-refractivity contribution in [3.05, 3.63) is 24.3 Å². The number of nitrogens with one attached hydrogen (secondary N) is 1. The Morgan fingerprint density at radius 2 is 2.25 bits per heavy atom. The number of likely N-dealkylation sites (tertiary alicyclic amines) is 1. The average molecular weight is 220 g/mol. The molecule has 1 fully saturated rings. The molecule has 0 aromatic carbocycles. The highest BCUT2D eigenvalue weighted by molar-refractivity contribution is 5.01. The van der Waals surface area contributed by atoms with E-state index in [4.69, 9.17) is 0 Å². The van der Waals surface area contributed by atoms with Crippen LogP contribution in [0.25, 0.3) is 0 Å². The third-order valence-electron chi connectivity index (χ3n) is 3.19. The SMILES string of the molecule is CCN1CCC(CNCc2cncnc2)C1. The number of hydrogen-bond acceptors (Lipinski definition) is 4. The second-order valence-corrected chi connectivity index (χ2v) is 4.43. The molecule has 1 aliphatic rings. The Hall–Kier alpha value is -1.00. The van der Waals surface area contributed by atoms with E-state index in [1.165, 1.54) is 26.1 Å². The van der Waals surface area contributed by atoms with E-state index in [2.05, 4.69) is 27.1 Å². The average Bonchev–Trinajstić information content (AvgIpc) is 2.78. The minimum atomic E-state index is 0.810. The zero-order valence-corrected chi connectivity index (χ0v) is 9.89. The van der Waals surface area contributed by atoms with Crippen LogP contribution in [0.4, 0.5) is 0 Å². The monoisotopic (exact) mass is 220 g/mol. The van der Waals surface area contributed by atoms with Crippen molar-refractivity contribution in [2.24, 2.45) is 5.92 Å². The topological polar surface area (TPSA) is 41.0 Å². The Morgan fingerprint density at radius 3 is 2.94 bits per heavy atom. The molecule has 16 heavy (non-hydrogen) atoms. The third-order valence-corrected chi connectivity index (χ3v) is 3.19. The fourth-order valence-electron chi connectivity index (χ4n) is 2.21. The molecule has 1 N–H and O–H groups in total. The molecular formula is C12H20N4. The van der Waals surface area contributed by atoms with Crippen molar-refractivity contribution in [1.82, 2.24) is 20.2 Å². The van der Waals surface area contributed by atoms with E-state index in [1.54, 1.807) is 6.33 Å². The van der Waals surface area contributed by atoms with E-state index in [0.717, 1.165) is 24.6 Å². The zero-order chi connectivity index (χ0) is 11.2. The molecule has 0 radical (unpaired) electrons. The van der Waals surface area contributed by atoms with Gasteiger partial charge in [-0.2, -0.15) is 0 Å². The molecule has 1 aliphatic heterocycles. The minimum absolute atomic E-state index is 0.810. The molecule has 1 saturated heterocycles. The van der Waals surface area contributed by atoms with Gasteiger partial charge in [0.1, 0.15) is 6.33 Å². The van der Waals surface area contributed by atoms with Crippen LogP contribution in [0, 0.1) is 5.92 Å². The van der Waals surface area contributed by atoms with Crippen molar-refractivity contribution in [3.63, 3.8) is 0 Å². The molecule has 4 heteroatoms. The number of hydrogen-bond donors (Lipinski definition) is 1. The smallest absolute Gasteiger partial charge is 0.115 e. The maximum absolute atomic E-state index is 4.00. The van der Waals surface area contributed by atoms with E-state index >= 15 is 0 Å². The van der Waals surface area contributed by atoms with Crippen LogP contribution in [0.1, 0.15) is 18.9 Å². The first-order chi connectivity index (χ1) is 7.88. The Kier molecular flexibility index (Phi) is 4.25. The minimum Gasteiger partial charge on any atom is -0.312 e. The first-order valence-electron chi connectivity index (χ1n) is 6.05. The molecule has 88 valence electrons. The van der Waals surface area contributed by atoms with Gasteiger partial charge in [0, 0.05) is 31.0 Å². The summed E-state index contributed by atoms with van der Waals surface area (Å²) in [5.41, 5.74) is 1.16. The van der Waals surface area contributed by atoms with Gasteiger partial charge in [-0.05, 0) is 32.0 Å². The lowest BCUT2D eigenvalue weighted by Crippen LogP contribution is -2.26. The lowest BCUT2D eigenvalue weighted by atomic mass is 10.1. The van der Waals surface area contributed by atoms with Gasteiger partial charge in [0.05, 0.1) is 0 Å². The molecule has 0 saturated carbocycles. The second kappa shape index (κ2) is 5.92. The molecule has 1 aromatic heterocycles. The van der Waals surface area contributed by atoms with Crippen molar-refractivity contribution in [2.75, 3.05) is 26.2 Å². The molecular weight excluding hydrogens is 200 g/mol. The molecule has 4 nitrogen and oxygen atoms in total. The predicted octanol–water partition coefficient (Wildman–Crippen LogP) is 0.908. The second-order valence-electron chi connectivity index (χ2n) is 4.43. The van der Waals surface area contributed by atoms with Gasteiger partial charge in [-0.25, -0.2) is 9.97 Å². The van der Waals surface area contributed by atoms with Crippen LogP contribution >= 0.6 is 0 Å². The Labute approximate surface area is 97.1 Å². The fraction of sp³-hybridized carbons (Fsp3) is 0.667. The van der Waals surface area contributed by atoms with Crippen LogP contribution in [-0.2, 0) is 6.54 Å². The molecule has 0 amide bonds. The van der Waals surface area contributed by atoms with Gasteiger partial charge in [-0.15, -0.1) is 0 Å². The Bertz CT molecular complexity index is 301. The maximum Gasteiger partial charge on any atom is 0.115 e. The lowest BCUT2D eigenvalue weighted by Gasteiger charge is -2.13. The van der Waals surface area contributed by atoms with Crippen molar-refractivity contribution in [2.45, 2.75) is 19.9 Å². The predicted molar refractivity (Wildman–Crippen MR) is 64.0 cm³/mol. The molecule has 0 aliphatic carbocycles. The highest BCUT2D eigenvalue weighted by Gasteiger charge is 2.20. The largest absolute Gasteiger partial charge is 0.312 e. The first-order valence-corrected chi connectivity index (χ1v) is 6.05. The summed E-state index contributed by atoms with van der Waals surface area (Å²) in [6.45, 7) is 7.90. The summed E-state index contributed by atoms with van der Waals surface area (Å²) < 4.78 is 0. The molecule has 1 aromatic rings. The van der Waals surface area contributed by atoms with Gasteiger partial charge in [0.25, 0.3) is 0 Å². The van der Waals surface area contributed by atoms with E-state index in [0.29, 0.717) is 0 Å². The van der Waals surface area contributed by atoms with E-state index in [-0.39, 0.29) is 0 Å². The highest BCUT2D eigenvalue weighted by atomic mass is 15.1. The maximum atomic E-state index is 4.00. The van der Waals surface area contributed by atoms with Crippen molar-refractivity contribution >= 4 is 0 Å². The molecule has 2 heterocycles. The summed E-state index contributed by atoms with van der Waals surface area (Å²) in [7, 11) is 0. The summed E-state index contributed by atoms with van der Waals surface area (Å²) >= 11 is 0. The zero-order valence-electron chi connectivity index (χ0n) is 9.89. The van der Waals surface area contributed by atoms with Crippen LogP contribution in [0.15, 0.2) is 18.7 Å². The van der Waals surface area contributed by atoms with Gasteiger partial charge in [0.15, 0.2) is 0 Å². The van der Waals surface area contributed by atoms with Gasteiger partial charge < -0.3 is 10.2 Å². The van der Waals surface area contributed by atoms with Gasteiger partial charge in [-0.1, -0.05) is 6.92 Å². The summed E-state index contributed by atoms with van der Waals surface area (Å²) in [6, 6.07) is 0. The highest BCUT2D eigenvalue weighted by Crippen LogP contribution is 2.14. The number of aromatic nitrogens is 2. The molecule has 1 atom stereocenters. The van der Waals surface area contributed by atoms with Crippen molar-refractivity contribution < 1.29 is 0 Å². The molecule has 1 unspecified atom stereocenters. The first kappa shape index (κ1) is 11.5. The van der Waals surface area contributed by atoms with Crippen molar-refractivity contribution in [1.29, 1.82) is 0 Å². The standard InChI is InChI=1S/C12H20N4/c1-2-16-4-3-11(9-16)5-13-6-12-7-14-10-15-8-12/h7-8,10-11,13H,2-6,9H2,1H3. The van der Waals surface area contributed by atoms with E-state index in [1.807, 2.05) is 12.4 Å². The Morgan fingerprint density at radius 1 is 1.44 bits per heavy atom. The Balaban J connectivity index is 1.65. The van der Waals surface area contributed by atoms with Gasteiger partial charge in [-0.3, -0.25) is 0 Å². The molecule has 2 rings (SSSR count). The normalized spacial score (nSPS) is 21.4. The van der Waals surface area contributed by atoms with Crippen LogP contribution in [0.2, 0.25) is 0 Å². The molecule has 0 bridgehead atoms. The molecule has 0 spiro atoms. The third kappa shape index (κ3) is 3.25. The summed E-state index contributed by atoms with van der Waals surface area (Å²) in [5, 5.41) is 3.48. The van der Waals surface area contributed by atoms with E-state index < -0.39 is 0 Å². The van der Waals surface area contributed by atoms with E-state index in [9.17, 15) is 0 Å². The number of rotatable bonds is 5. The summed E-state index contributed by atoms with van der Waals surface area (Å²) in [4.78, 5) is 10.5. The quantitative estimate of drug-likeness (QED) is 0.801. The number of nitrogens with zero attached hydrogens (tertiary/aromatic N) is 3. The summed E-state index contributed by atoms with van der Waals surface area (Å²) in [6.07, 6.45) is 6.63. The van der Waals surface area contributed by atoms with Crippen molar-refractivity contribution in [3.8, 4) is 0 Å².